The maximum absolute atomic E-state index is 11.4. The first kappa shape index (κ1) is 16.3. The van der Waals surface area contributed by atoms with Gasteiger partial charge in [-0.15, -0.1) is 22.7 Å². The van der Waals surface area contributed by atoms with Crippen LogP contribution in [0, 0.1) is 0 Å². The van der Waals surface area contributed by atoms with Crippen molar-refractivity contribution >= 4 is 42.8 Å². The second kappa shape index (κ2) is 6.91. The molecule has 0 spiro atoms. The van der Waals surface area contributed by atoms with Crippen LogP contribution in [-0.4, -0.2) is 52.7 Å². The minimum atomic E-state index is -3.61. The number of primary sulfonamides is 1. The Kier molecular flexibility index (Phi) is 5.13. The summed E-state index contributed by atoms with van der Waals surface area (Å²) in [5.41, 5.74) is 0. The third-order valence-electron chi connectivity index (χ3n) is 3.59. The van der Waals surface area contributed by atoms with E-state index in [1.807, 2.05) is 5.38 Å². The van der Waals surface area contributed by atoms with Gasteiger partial charge in [-0.1, -0.05) is 0 Å². The molecule has 122 valence electrons. The lowest BCUT2D eigenvalue weighted by atomic mass is 10.3. The van der Waals surface area contributed by atoms with E-state index in [2.05, 4.69) is 10.2 Å². The van der Waals surface area contributed by atoms with Crippen LogP contribution < -0.4 is 10.5 Å². The summed E-state index contributed by atoms with van der Waals surface area (Å²) in [6, 6.07) is 1.66. The van der Waals surface area contributed by atoms with Gasteiger partial charge in [0.1, 0.15) is 4.21 Å². The largest absolute Gasteiger partial charge is 0.379 e. The number of nitrogens with zero attached hydrogens (tertiary/aromatic N) is 1. The zero-order valence-electron chi connectivity index (χ0n) is 12.1. The Morgan fingerprint density at radius 2 is 2.14 bits per heavy atom. The van der Waals surface area contributed by atoms with Gasteiger partial charge in [-0.2, -0.15) is 0 Å². The van der Waals surface area contributed by atoms with Crippen LogP contribution in [-0.2, 0) is 21.3 Å². The van der Waals surface area contributed by atoms with E-state index in [4.69, 9.17) is 9.88 Å². The van der Waals surface area contributed by atoms with Crippen molar-refractivity contribution < 1.29 is 13.2 Å². The number of rotatable bonds is 6. The molecule has 3 heterocycles. The van der Waals surface area contributed by atoms with Gasteiger partial charge in [-0.3, -0.25) is 4.90 Å². The predicted octanol–water partition coefficient (Wildman–Crippen LogP) is 1.03. The molecule has 0 amide bonds. The summed E-state index contributed by atoms with van der Waals surface area (Å²) in [6.45, 7) is 6.29. The first-order valence-electron chi connectivity index (χ1n) is 7.07. The second-order valence-electron chi connectivity index (χ2n) is 5.18. The molecule has 9 heteroatoms. The Hall–Kier alpha value is -0.550. The Balaban J connectivity index is 1.56. The zero-order valence-corrected chi connectivity index (χ0v) is 14.5. The van der Waals surface area contributed by atoms with Crippen LogP contribution in [0.1, 0.15) is 4.88 Å². The van der Waals surface area contributed by atoms with Crippen molar-refractivity contribution in [1.82, 2.24) is 10.2 Å². The number of morpholine rings is 1. The third-order valence-corrected chi connectivity index (χ3v) is 7.36. The molecule has 22 heavy (non-hydrogen) atoms. The molecule has 0 unspecified atom stereocenters. The molecule has 0 aromatic carbocycles. The number of fused-ring (bicyclic) bond motifs is 1. The maximum atomic E-state index is 11.4. The highest BCUT2D eigenvalue weighted by Gasteiger charge is 2.16. The van der Waals surface area contributed by atoms with Gasteiger partial charge in [0, 0.05) is 43.0 Å². The Labute approximate surface area is 137 Å². The number of nitrogens with two attached hydrogens (primary N) is 1. The van der Waals surface area contributed by atoms with Gasteiger partial charge < -0.3 is 10.1 Å². The highest BCUT2D eigenvalue weighted by atomic mass is 32.2. The van der Waals surface area contributed by atoms with Crippen LogP contribution in [0.4, 0.5) is 0 Å². The van der Waals surface area contributed by atoms with Crippen molar-refractivity contribution in [3.05, 3.63) is 16.3 Å². The fourth-order valence-corrected chi connectivity index (χ4v) is 5.43. The normalized spacial score (nSPS) is 17.3. The van der Waals surface area contributed by atoms with Crippen molar-refractivity contribution in [2.75, 3.05) is 39.4 Å². The molecule has 3 N–H and O–H groups in total. The molecule has 6 nitrogen and oxygen atoms in total. The topological polar surface area (TPSA) is 84.7 Å². The minimum Gasteiger partial charge on any atom is -0.379 e. The van der Waals surface area contributed by atoms with E-state index in [1.165, 1.54) is 11.3 Å². The lowest BCUT2D eigenvalue weighted by molar-refractivity contribution is 0.0384. The number of hydrogen-bond donors (Lipinski definition) is 2. The highest BCUT2D eigenvalue weighted by molar-refractivity contribution is 7.91. The smallest absolute Gasteiger partial charge is 0.247 e. The average molecular weight is 362 g/mol. The highest BCUT2D eigenvalue weighted by Crippen LogP contribution is 2.35. The molecule has 1 aliphatic heterocycles. The van der Waals surface area contributed by atoms with E-state index in [9.17, 15) is 8.42 Å². The first-order valence-corrected chi connectivity index (χ1v) is 10.3. The Bertz CT molecular complexity index is 732. The Morgan fingerprint density at radius 3 is 2.86 bits per heavy atom. The van der Waals surface area contributed by atoms with Crippen LogP contribution in [0.15, 0.2) is 15.7 Å². The standard InChI is InChI=1S/C13H19N3O3S3/c14-22(17,18)12-7-10-9-20-11(13(10)21-12)8-15-1-2-16-3-5-19-6-4-16/h7,9,15H,1-6,8H2,(H2,14,17,18). The van der Waals surface area contributed by atoms with Gasteiger partial charge in [0.25, 0.3) is 0 Å². The van der Waals surface area contributed by atoms with Crippen LogP contribution in [0.5, 0.6) is 0 Å². The molecule has 0 atom stereocenters. The van der Waals surface area contributed by atoms with Crippen molar-refractivity contribution in [1.29, 1.82) is 0 Å². The van der Waals surface area contributed by atoms with Crippen LogP contribution >= 0.6 is 22.7 Å². The van der Waals surface area contributed by atoms with E-state index >= 15 is 0 Å². The number of ether oxygens (including phenoxy) is 1. The average Bonchev–Trinajstić information content (AvgIpc) is 3.05. The summed E-state index contributed by atoms with van der Waals surface area (Å²) in [5.74, 6) is 0. The van der Waals surface area contributed by atoms with E-state index < -0.39 is 10.0 Å². The molecule has 2 aromatic rings. The third kappa shape index (κ3) is 3.85. The maximum Gasteiger partial charge on any atom is 0.247 e. The van der Waals surface area contributed by atoms with Crippen LogP contribution in [0.3, 0.4) is 0 Å². The molecular weight excluding hydrogens is 342 g/mol. The molecule has 2 aromatic heterocycles. The van der Waals surface area contributed by atoms with E-state index in [0.717, 1.165) is 60.9 Å². The van der Waals surface area contributed by atoms with Gasteiger partial charge in [0.15, 0.2) is 0 Å². The van der Waals surface area contributed by atoms with Crippen LogP contribution in [0.2, 0.25) is 0 Å². The van der Waals surface area contributed by atoms with Crippen LogP contribution in [0.25, 0.3) is 10.1 Å². The van der Waals surface area contributed by atoms with E-state index in [0.29, 0.717) is 0 Å². The summed E-state index contributed by atoms with van der Waals surface area (Å²) in [5, 5.41) is 11.6. The molecule has 0 aliphatic carbocycles. The first-order chi connectivity index (χ1) is 10.5. The molecule has 3 rings (SSSR count). The van der Waals surface area contributed by atoms with Gasteiger partial charge in [0.05, 0.1) is 17.9 Å². The SMILES string of the molecule is NS(=O)(=O)c1cc2csc(CNCCN3CCOCC3)c2s1. The molecule has 1 fully saturated rings. The summed E-state index contributed by atoms with van der Waals surface area (Å²) >= 11 is 2.91. The lowest BCUT2D eigenvalue weighted by Gasteiger charge is -2.26. The van der Waals surface area contributed by atoms with E-state index in [-0.39, 0.29) is 4.21 Å². The summed E-state index contributed by atoms with van der Waals surface area (Å²) in [4.78, 5) is 3.54. The number of thiophene rings is 2. The second-order valence-corrected chi connectivity index (χ2v) is 8.99. The van der Waals surface area contributed by atoms with Gasteiger partial charge in [-0.05, 0) is 11.4 Å². The molecule has 0 bridgehead atoms. The molecule has 1 aliphatic rings. The molecule has 0 saturated carbocycles. The van der Waals surface area contributed by atoms with Crippen molar-refractivity contribution in [3.63, 3.8) is 0 Å². The monoisotopic (exact) mass is 361 g/mol. The molecule has 0 radical (unpaired) electrons. The zero-order chi connectivity index (χ0) is 15.6. The van der Waals surface area contributed by atoms with Crippen molar-refractivity contribution in [2.24, 2.45) is 5.14 Å². The van der Waals surface area contributed by atoms with Gasteiger partial charge in [-0.25, -0.2) is 13.6 Å². The van der Waals surface area contributed by atoms with Gasteiger partial charge in [0.2, 0.25) is 10.0 Å². The summed E-state index contributed by atoms with van der Waals surface area (Å²) in [6.07, 6.45) is 0. The molecule has 1 saturated heterocycles. The van der Waals surface area contributed by atoms with Crippen molar-refractivity contribution in [2.45, 2.75) is 10.8 Å². The summed E-state index contributed by atoms with van der Waals surface area (Å²) in [7, 11) is -3.61. The quantitative estimate of drug-likeness (QED) is 0.751. The fraction of sp³-hybridized carbons (Fsp3) is 0.538. The number of nitrogens with one attached hydrogen (secondary N) is 1. The lowest BCUT2D eigenvalue weighted by Crippen LogP contribution is -2.40. The number of hydrogen-bond acceptors (Lipinski definition) is 7. The van der Waals surface area contributed by atoms with Gasteiger partial charge >= 0.3 is 0 Å². The molecular formula is C13H19N3O3S3. The minimum absolute atomic E-state index is 0.236. The number of sulfonamides is 1. The fourth-order valence-electron chi connectivity index (χ4n) is 2.40. The van der Waals surface area contributed by atoms with E-state index in [1.54, 1.807) is 17.4 Å². The summed E-state index contributed by atoms with van der Waals surface area (Å²) < 4.78 is 29.4. The predicted molar refractivity (Wildman–Crippen MR) is 90.0 cm³/mol. The Morgan fingerprint density at radius 1 is 1.36 bits per heavy atom. The van der Waals surface area contributed by atoms with Crippen molar-refractivity contribution in [3.8, 4) is 0 Å².